The number of carbonyl (C=O) groups excluding carboxylic acids is 1. The van der Waals surface area contributed by atoms with E-state index in [0.717, 1.165) is 11.8 Å². The van der Waals surface area contributed by atoms with E-state index in [-0.39, 0.29) is 36.4 Å². The maximum absolute atomic E-state index is 13.4. The predicted molar refractivity (Wildman–Crippen MR) is 116 cm³/mol. The number of fused-ring (bicyclic) bond motifs is 1. The van der Waals surface area contributed by atoms with Crippen LogP contribution >= 0.6 is 0 Å². The molecule has 1 aliphatic rings. The van der Waals surface area contributed by atoms with Gasteiger partial charge in [-0.3, -0.25) is 9.78 Å². The Morgan fingerprint density at radius 3 is 2.71 bits per heavy atom. The molecule has 0 unspecified atom stereocenters. The summed E-state index contributed by atoms with van der Waals surface area (Å²) in [5.74, 6) is -0.349. The molecule has 0 saturated carbocycles. The monoisotopic (exact) mass is 448 g/mol. The molecule has 3 heterocycles. The van der Waals surface area contributed by atoms with E-state index >= 15 is 0 Å². The second-order valence-corrected chi connectivity index (χ2v) is 10.1. The fourth-order valence-corrected chi connectivity index (χ4v) is 3.82. The molecule has 1 amide bonds. The minimum atomic E-state index is -3.41. The van der Waals surface area contributed by atoms with Crippen molar-refractivity contribution >= 4 is 15.9 Å². The maximum Gasteiger partial charge on any atom is 0.259 e. The number of aromatic nitrogens is 2. The van der Waals surface area contributed by atoms with E-state index in [4.69, 9.17) is 4.74 Å². The van der Waals surface area contributed by atoms with Gasteiger partial charge in [-0.05, 0) is 19.1 Å². The van der Waals surface area contributed by atoms with Crippen LogP contribution in [0.15, 0.2) is 36.8 Å². The van der Waals surface area contributed by atoms with Gasteiger partial charge in [0.05, 0.1) is 25.4 Å². The standard InChI is InChI=1S/C21H28N4O5S/c1-14-11-25(15(2)13-26)21(27)18-8-17(16-6-5-7-22-9-16)10-23-20(18)30-19(14)12-24(3)31(4,28)29/h5-10,14-15,19,26H,11-13H2,1-4H3/t14-,15-,19+/m1/s1. The van der Waals surface area contributed by atoms with Crippen LogP contribution in [0.2, 0.25) is 0 Å². The SMILES string of the molecule is C[C@@H]1CN([C@H](C)CO)C(=O)c2cc(-c3cccnc3)cnc2O[C@H]1CN(C)S(C)(=O)=O. The van der Waals surface area contributed by atoms with Gasteiger partial charge in [-0.2, -0.15) is 0 Å². The van der Waals surface area contributed by atoms with Gasteiger partial charge < -0.3 is 14.7 Å². The van der Waals surface area contributed by atoms with Crippen molar-refractivity contribution in [2.24, 2.45) is 5.92 Å². The van der Waals surface area contributed by atoms with E-state index in [1.165, 1.54) is 11.4 Å². The van der Waals surface area contributed by atoms with Gasteiger partial charge in [-0.1, -0.05) is 13.0 Å². The molecule has 0 spiro atoms. The summed E-state index contributed by atoms with van der Waals surface area (Å²) in [5, 5.41) is 9.72. The lowest BCUT2D eigenvalue weighted by Gasteiger charge is -2.37. The zero-order valence-electron chi connectivity index (χ0n) is 18.1. The van der Waals surface area contributed by atoms with Crippen LogP contribution < -0.4 is 4.74 Å². The highest BCUT2D eigenvalue weighted by atomic mass is 32.2. The summed E-state index contributed by atoms with van der Waals surface area (Å²) in [6, 6.07) is 4.94. The number of ether oxygens (including phenoxy) is 1. The van der Waals surface area contributed by atoms with Gasteiger partial charge in [-0.25, -0.2) is 17.7 Å². The minimum Gasteiger partial charge on any atom is -0.472 e. The molecule has 168 valence electrons. The van der Waals surface area contributed by atoms with Crippen molar-refractivity contribution < 1.29 is 23.1 Å². The van der Waals surface area contributed by atoms with Crippen LogP contribution in [0.1, 0.15) is 24.2 Å². The summed E-state index contributed by atoms with van der Waals surface area (Å²) in [6.45, 7) is 3.88. The smallest absolute Gasteiger partial charge is 0.259 e. The summed E-state index contributed by atoms with van der Waals surface area (Å²) in [7, 11) is -1.92. The Labute approximate surface area is 182 Å². The van der Waals surface area contributed by atoms with Crippen LogP contribution in [0, 0.1) is 5.92 Å². The molecule has 1 N–H and O–H groups in total. The molecule has 1 aliphatic heterocycles. The highest BCUT2D eigenvalue weighted by Gasteiger charge is 2.35. The molecule has 31 heavy (non-hydrogen) atoms. The van der Waals surface area contributed by atoms with E-state index in [1.807, 2.05) is 13.0 Å². The molecule has 2 aromatic rings. The van der Waals surface area contributed by atoms with E-state index in [2.05, 4.69) is 9.97 Å². The Morgan fingerprint density at radius 2 is 2.10 bits per heavy atom. The molecular formula is C21H28N4O5S. The lowest BCUT2D eigenvalue weighted by molar-refractivity contribution is 0.0374. The van der Waals surface area contributed by atoms with E-state index < -0.39 is 22.2 Å². The molecule has 3 rings (SSSR count). The fraction of sp³-hybridized carbons (Fsp3) is 0.476. The van der Waals surface area contributed by atoms with Gasteiger partial charge in [0.25, 0.3) is 5.91 Å². The van der Waals surface area contributed by atoms with Crippen molar-refractivity contribution in [2.75, 3.05) is 33.0 Å². The van der Waals surface area contributed by atoms with Gasteiger partial charge in [0.15, 0.2) is 0 Å². The number of amides is 1. The van der Waals surface area contributed by atoms with Crippen LogP contribution in [0.25, 0.3) is 11.1 Å². The summed E-state index contributed by atoms with van der Waals surface area (Å²) >= 11 is 0. The normalized spacial score (nSPS) is 20.6. The van der Waals surface area contributed by atoms with Gasteiger partial charge >= 0.3 is 0 Å². The minimum absolute atomic E-state index is 0.112. The molecule has 0 fully saturated rings. The zero-order valence-corrected chi connectivity index (χ0v) is 18.9. The first-order chi connectivity index (χ1) is 14.6. The van der Waals surface area contributed by atoms with Crippen LogP contribution in [-0.2, 0) is 10.0 Å². The number of sulfonamides is 1. The number of aliphatic hydroxyl groups excluding tert-OH is 1. The molecule has 0 aromatic carbocycles. The number of rotatable bonds is 6. The Bertz CT molecular complexity index is 1030. The van der Waals surface area contributed by atoms with E-state index in [0.29, 0.717) is 12.1 Å². The summed E-state index contributed by atoms with van der Waals surface area (Å²) < 4.78 is 31.2. The topological polar surface area (TPSA) is 113 Å². The average molecular weight is 449 g/mol. The van der Waals surface area contributed by atoms with Crippen molar-refractivity contribution in [3.05, 3.63) is 42.4 Å². The highest BCUT2D eigenvalue weighted by Crippen LogP contribution is 2.30. The van der Waals surface area contributed by atoms with E-state index in [9.17, 15) is 18.3 Å². The third-order valence-electron chi connectivity index (χ3n) is 5.52. The summed E-state index contributed by atoms with van der Waals surface area (Å²) in [4.78, 5) is 23.5. The molecule has 0 bridgehead atoms. The number of likely N-dealkylation sites (N-methyl/N-ethyl adjacent to an activating group) is 1. The molecule has 0 saturated heterocycles. The van der Waals surface area contributed by atoms with Gasteiger partial charge in [-0.15, -0.1) is 0 Å². The van der Waals surface area contributed by atoms with Crippen LogP contribution in [0.3, 0.4) is 0 Å². The molecule has 0 radical (unpaired) electrons. The molecule has 0 aliphatic carbocycles. The molecular weight excluding hydrogens is 420 g/mol. The van der Waals surface area contributed by atoms with Crippen molar-refractivity contribution in [1.29, 1.82) is 0 Å². The first kappa shape index (κ1) is 23.1. The lowest BCUT2D eigenvalue weighted by Crippen LogP contribution is -2.50. The molecule has 3 atom stereocenters. The van der Waals surface area contributed by atoms with Gasteiger partial charge in [0.1, 0.15) is 11.7 Å². The van der Waals surface area contributed by atoms with E-state index in [1.54, 1.807) is 42.5 Å². The lowest BCUT2D eigenvalue weighted by atomic mass is 9.99. The third kappa shape index (κ3) is 5.20. The average Bonchev–Trinajstić information content (AvgIpc) is 2.75. The van der Waals surface area contributed by atoms with Gasteiger partial charge in [0, 0.05) is 49.2 Å². The Balaban J connectivity index is 2.06. The number of nitrogens with zero attached hydrogens (tertiary/aromatic N) is 4. The molecule has 2 aromatic heterocycles. The van der Waals surface area contributed by atoms with Gasteiger partial charge in [0.2, 0.25) is 15.9 Å². The van der Waals surface area contributed by atoms with Crippen molar-refractivity contribution in [1.82, 2.24) is 19.2 Å². The van der Waals surface area contributed by atoms with Crippen molar-refractivity contribution in [2.45, 2.75) is 26.0 Å². The van der Waals surface area contributed by atoms with Crippen LogP contribution in [0.4, 0.5) is 0 Å². The van der Waals surface area contributed by atoms with Crippen molar-refractivity contribution in [3.8, 4) is 17.0 Å². The quantitative estimate of drug-likeness (QED) is 0.708. The number of aliphatic hydroxyl groups is 1. The first-order valence-corrected chi connectivity index (χ1v) is 11.9. The number of hydrogen-bond acceptors (Lipinski definition) is 7. The number of hydrogen-bond donors (Lipinski definition) is 1. The first-order valence-electron chi connectivity index (χ1n) is 10.0. The van der Waals surface area contributed by atoms with Crippen LogP contribution in [0.5, 0.6) is 5.88 Å². The largest absolute Gasteiger partial charge is 0.472 e. The predicted octanol–water partition coefficient (Wildman–Crippen LogP) is 1.26. The summed E-state index contributed by atoms with van der Waals surface area (Å²) in [6.07, 6.45) is 5.55. The number of carbonyl (C=O) groups is 1. The second kappa shape index (κ2) is 9.29. The Hall–Kier alpha value is -2.56. The second-order valence-electron chi connectivity index (χ2n) is 7.98. The highest BCUT2D eigenvalue weighted by molar-refractivity contribution is 7.88. The summed E-state index contributed by atoms with van der Waals surface area (Å²) in [5.41, 5.74) is 1.77. The molecule has 10 heteroatoms. The van der Waals surface area contributed by atoms with Crippen molar-refractivity contribution in [3.63, 3.8) is 0 Å². The Kier molecular flexibility index (Phi) is 6.93. The Morgan fingerprint density at radius 1 is 1.35 bits per heavy atom. The zero-order chi connectivity index (χ0) is 22.8. The fourth-order valence-electron chi connectivity index (χ4n) is 3.40. The maximum atomic E-state index is 13.4. The molecule has 9 nitrogen and oxygen atoms in total. The third-order valence-corrected chi connectivity index (χ3v) is 6.80. The van der Waals surface area contributed by atoms with Crippen LogP contribution in [-0.4, -0.2) is 83.8 Å². The number of pyridine rings is 2.